The van der Waals surface area contributed by atoms with Gasteiger partial charge in [-0.05, 0) is 30.7 Å². The minimum atomic E-state index is -3.17. The zero-order valence-corrected chi connectivity index (χ0v) is 11.9. The highest BCUT2D eigenvalue weighted by Gasteiger charge is 2.10. The van der Waals surface area contributed by atoms with E-state index in [1.165, 1.54) is 18.4 Å². The van der Waals surface area contributed by atoms with Crippen molar-refractivity contribution in [1.82, 2.24) is 5.32 Å². The van der Waals surface area contributed by atoms with Gasteiger partial charge in [-0.2, -0.15) is 0 Å². The normalized spacial score (nSPS) is 13.8. The maximum Gasteiger partial charge on any atom is 0.175 e. The third-order valence-electron chi connectivity index (χ3n) is 2.66. The van der Waals surface area contributed by atoms with Gasteiger partial charge in [-0.1, -0.05) is 26.0 Å². The van der Waals surface area contributed by atoms with Crippen LogP contribution in [-0.4, -0.2) is 32.4 Å². The summed E-state index contributed by atoms with van der Waals surface area (Å²) in [6, 6.07) is 6.78. The molecule has 0 aliphatic carbocycles. The van der Waals surface area contributed by atoms with E-state index in [0.29, 0.717) is 12.5 Å². The van der Waals surface area contributed by atoms with Crippen molar-refractivity contribution < 1.29 is 13.5 Å². The van der Waals surface area contributed by atoms with Gasteiger partial charge in [0, 0.05) is 12.3 Å². The van der Waals surface area contributed by atoms with Gasteiger partial charge >= 0.3 is 0 Å². The summed E-state index contributed by atoms with van der Waals surface area (Å²) in [4.78, 5) is 0.277. The number of aliphatic hydroxyl groups is 1. The monoisotopic (exact) mass is 271 g/mol. The van der Waals surface area contributed by atoms with Gasteiger partial charge in [0.05, 0.1) is 11.0 Å². The first kappa shape index (κ1) is 15.1. The number of benzene rings is 1. The predicted molar refractivity (Wildman–Crippen MR) is 72.3 cm³/mol. The van der Waals surface area contributed by atoms with E-state index in [1.807, 2.05) is 13.8 Å². The molecule has 1 aromatic carbocycles. The zero-order chi connectivity index (χ0) is 13.8. The van der Waals surface area contributed by atoms with Crippen LogP contribution in [0.2, 0.25) is 0 Å². The Morgan fingerprint density at radius 3 is 2.22 bits per heavy atom. The number of rotatable bonds is 6. The van der Waals surface area contributed by atoms with Crippen LogP contribution in [0.4, 0.5) is 0 Å². The second-order valence-corrected chi connectivity index (χ2v) is 6.77. The van der Waals surface area contributed by atoms with Crippen LogP contribution in [0.3, 0.4) is 0 Å². The molecule has 0 radical (unpaired) electrons. The van der Waals surface area contributed by atoms with E-state index in [4.69, 9.17) is 0 Å². The third-order valence-corrected chi connectivity index (χ3v) is 3.79. The molecule has 0 bridgehead atoms. The van der Waals surface area contributed by atoms with Gasteiger partial charge in [-0.3, -0.25) is 0 Å². The molecule has 102 valence electrons. The number of hydrogen-bond donors (Lipinski definition) is 2. The molecule has 5 heteroatoms. The predicted octanol–water partition coefficient (Wildman–Crippen LogP) is 1.51. The first-order valence-corrected chi connectivity index (χ1v) is 7.91. The maximum atomic E-state index is 11.3. The molecule has 2 N–H and O–H groups in total. The summed E-state index contributed by atoms with van der Waals surface area (Å²) < 4.78 is 22.6. The van der Waals surface area contributed by atoms with Crippen LogP contribution in [-0.2, 0) is 9.84 Å². The molecule has 0 amide bonds. The van der Waals surface area contributed by atoms with Crippen molar-refractivity contribution in [2.24, 2.45) is 0 Å². The van der Waals surface area contributed by atoms with E-state index in [0.717, 1.165) is 12.1 Å². The highest BCUT2D eigenvalue weighted by molar-refractivity contribution is 7.90. The van der Waals surface area contributed by atoms with Crippen LogP contribution in [0.15, 0.2) is 29.2 Å². The highest BCUT2D eigenvalue weighted by atomic mass is 32.2. The lowest BCUT2D eigenvalue weighted by molar-refractivity contribution is 0.166. The standard InChI is InChI=1S/C13H21NO3S/c1-10(2)14-9-8-13(15)11-4-6-12(7-5-11)18(3,16)17/h4-7,10,13-15H,8-9H2,1-3H3. The average Bonchev–Trinajstić information content (AvgIpc) is 2.27. The molecule has 0 aromatic heterocycles. The average molecular weight is 271 g/mol. The number of hydrogen-bond acceptors (Lipinski definition) is 4. The smallest absolute Gasteiger partial charge is 0.175 e. The van der Waals surface area contributed by atoms with Crippen molar-refractivity contribution in [2.75, 3.05) is 12.8 Å². The van der Waals surface area contributed by atoms with Crippen LogP contribution in [0.25, 0.3) is 0 Å². The molecule has 0 fully saturated rings. The molecular formula is C13H21NO3S. The van der Waals surface area contributed by atoms with Crippen LogP contribution in [0, 0.1) is 0 Å². The summed E-state index contributed by atoms with van der Waals surface area (Å²) in [7, 11) is -3.17. The first-order chi connectivity index (χ1) is 8.30. The van der Waals surface area contributed by atoms with Crippen molar-refractivity contribution >= 4 is 9.84 Å². The van der Waals surface area contributed by atoms with E-state index in [-0.39, 0.29) is 4.90 Å². The fraction of sp³-hybridized carbons (Fsp3) is 0.538. The summed E-state index contributed by atoms with van der Waals surface area (Å²) in [5.74, 6) is 0. The summed E-state index contributed by atoms with van der Waals surface area (Å²) >= 11 is 0. The zero-order valence-electron chi connectivity index (χ0n) is 11.1. The minimum Gasteiger partial charge on any atom is -0.388 e. The number of aliphatic hydroxyl groups excluding tert-OH is 1. The second-order valence-electron chi connectivity index (χ2n) is 4.75. The molecule has 1 aromatic rings. The lowest BCUT2D eigenvalue weighted by Gasteiger charge is -2.13. The highest BCUT2D eigenvalue weighted by Crippen LogP contribution is 2.18. The molecule has 1 rings (SSSR count). The van der Waals surface area contributed by atoms with Crippen molar-refractivity contribution in [3.8, 4) is 0 Å². The Morgan fingerprint density at radius 2 is 1.78 bits per heavy atom. The van der Waals surface area contributed by atoms with Crippen LogP contribution in [0.5, 0.6) is 0 Å². The Labute approximate surface area is 109 Å². The molecule has 0 saturated carbocycles. The van der Waals surface area contributed by atoms with Crippen molar-refractivity contribution in [3.63, 3.8) is 0 Å². The largest absolute Gasteiger partial charge is 0.388 e. The van der Waals surface area contributed by atoms with Gasteiger partial charge in [0.2, 0.25) is 0 Å². The number of sulfone groups is 1. The van der Waals surface area contributed by atoms with Crippen molar-refractivity contribution in [2.45, 2.75) is 37.3 Å². The van der Waals surface area contributed by atoms with Gasteiger partial charge in [0.1, 0.15) is 0 Å². The second kappa shape index (κ2) is 6.31. The minimum absolute atomic E-state index is 0.277. The molecule has 0 aliphatic heterocycles. The Bertz CT molecular complexity index is 466. The number of nitrogens with one attached hydrogen (secondary N) is 1. The third kappa shape index (κ3) is 4.76. The van der Waals surface area contributed by atoms with E-state index in [9.17, 15) is 13.5 Å². The summed E-state index contributed by atoms with van der Waals surface area (Å²) in [5.41, 5.74) is 0.743. The van der Waals surface area contributed by atoms with Crippen LogP contribution >= 0.6 is 0 Å². The van der Waals surface area contributed by atoms with Gasteiger partial charge in [-0.25, -0.2) is 8.42 Å². The van der Waals surface area contributed by atoms with Gasteiger partial charge in [0.15, 0.2) is 9.84 Å². The lowest BCUT2D eigenvalue weighted by atomic mass is 10.1. The van der Waals surface area contributed by atoms with Gasteiger partial charge < -0.3 is 10.4 Å². The molecule has 4 nitrogen and oxygen atoms in total. The fourth-order valence-electron chi connectivity index (χ4n) is 1.61. The lowest BCUT2D eigenvalue weighted by Crippen LogP contribution is -2.24. The van der Waals surface area contributed by atoms with Gasteiger partial charge in [0.25, 0.3) is 0 Å². The fourth-order valence-corrected chi connectivity index (χ4v) is 2.24. The van der Waals surface area contributed by atoms with Gasteiger partial charge in [-0.15, -0.1) is 0 Å². The van der Waals surface area contributed by atoms with Crippen LogP contribution < -0.4 is 5.32 Å². The summed E-state index contributed by atoms with van der Waals surface area (Å²) in [6.45, 7) is 4.83. The van der Waals surface area contributed by atoms with Crippen molar-refractivity contribution in [3.05, 3.63) is 29.8 Å². The molecule has 0 spiro atoms. The van der Waals surface area contributed by atoms with Crippen molar-refractivity contribution in [1.29, 1.82) is 0 Å². The molecule has 0 aliphatic rings. The Balaban J connectivity index is 2.62. The molecule has 0 saturated heterocycles. The van der Waals surface area contributed by atoms with E-state index in [1.54, 1.807) is 12.1 Å². The molecule has 18 heavy (non-hydrogen) atoms. The SMILES string of the molecule is CC(C)NCCC(O)c1ccc(S(C)(=O)=O)cc1. The maximum absolute atomic E-state index is 11.3. The first-order valence-electron chi connectivity index (χ1n) is 6.02. The molecule has 1 atom stereocenters. The van der Waals surface area contributed by atoms with E-state index in [2.05, 4.69) is 5.32 Å². The molecule has 1 unspecified atom stereocenters. The molecular weight excluding hydrogens is 250 g/mol. The Kier molecular flexibility index (Phi) is 5.31. The van der Waals surface area contributed by atoms with Crippen LogP contribution in [0.1, 0.15) is 31.9 Å². The molecule has 0 heterocycles. The van der Waals surface area contributed by atoms with E-state index < -0.39 is 15.9 Å². The summed E-state index contributed by atoms with van der Waals surface area (Å²) in [5, 5.41) is 13.2. The Morgan fingerprint density at radius 1 is 1.22 bits per heavy atom. The quantitative estimate of drug-likeness (QED) is 0.823. The van der Waals surface area contributed by atoms with E-state index >= 15 is 0 Å². The topological polar surface area (TPSA) is 66.4 Å². The summed E-state index contributed by atoms with van der Waals surface area (Å²) in [6.07, 6.45) is 1.21. The Hall–Kier alpha value is -0.910.